The zero-order valence-corrected chi connectivity index (χ0v) is 17.9. The Labute approximate surface area is 171 Å². The van der Waals surface area contributed by atoms with Crippen molar-refractivity contribution in [1.82, 2.24) is 0 Å². The van der Waals surface area contributed by atoms with Gasteiger partial charge in [0.2, 0.25) is 10.0 Å². The fourth-order valence-electron chi connectivity index (χ4n) is 2.55. The van der Waals surface area contributed by atoms with Crippen molar-refractivity contribution in [1.29, 1.82) is 0 Å². The van der Waals surface area contributed by atoms with Crippen LogP contribution in [0.1, 0.15) is 46.0 Å². The molecule has 1 amide bonds. The van der Waals surface area contributed by atoms with E-state index in [1.165, 1.54) is 13.1 Å². The number of amides is 1. The number of carbonyl (C=O) groups excluding carboxylic acids is 2. The molecule has 0 atom stereocenters. The van der Waals surface area contributed by atoms with Crippen LogP contribution in [0.2, 0.25) is 0 Å². The first-order valence-corrected chi connectivity index (χ1v) is 11.1. The summed E-state index contributed by atoms with van der Waals surface area (Å²) >= 11 is 0. The van der Waals surface area contributed by atoms with E-state index in [-0.39, 0.29) is 5.91 Å². The summed E-state index contributed by atoms with van der Waals surface area (Å²) in [6.07, 6.45) is 2.86. The van der Waals surface area contributed by atoms with Crippen molar-refractivity contribution < 1.29 is 22.7 Å². The molecule has 0 aliphatic rings. The van der Waals surface area contributed by atoms with Gasteiger partial charge >= 0.3 is 5.97 Å². The Morgan fingerprint density at radius 3 is 2.28 bits per heavy atom. The first-order chi connectivity index (χ1) is 13.6. The molecule has 8 heteroatoms. The molecule has 0 aliphatic heterocycles. The Morgan fingerprint density at radius 1 is 1.07 bits per heavy atom. The summed E-state index contributed by atoms with van der Waals surface area (Å²) in [6.45, 7) is 4.17. The molecule has 0 saturated heterocycles. The van der Waals surface area contributed by atoms with Gasteiger partial charge < -0.3 is 10.1 Å². The number of carbonyl (C=O) groups is 2. The van der Waals surface area contributed by atoms with Crippen LogP contribution in [0, 0.1) is 6.92 Å². The normalized spacial score (nSPS) is 11.0. The number of hydrogen-bond acceptors (Lipinski definition) is 5. The van der Waals surface area contributed by atoms with Crippen LogP contribution in [0.4, 0.5) is 11.4 Å². The number of rotatable bonds is 8. The number of esters is 1. The van der Waals surface area contributed by atoms with Crippen LogP contribution < -0.4 is 9.62 Å². The molecular weight excluding hydrogens is 392 g/mol. The van der Waals surface area contributed by atoms with E-state index >= 15 is 0 Å². The van der Waals surface area contributed by atoms with Crippen molar-refractivity contribution in [3.63, 3.8) is 0 Å². The van der Waals surface area contributed by atoms with Crippen LogP contribution in [0.5, 0.6) is 0 Å². The average Bonchev–Trinajstić information content (AvgIpc) is 2.67. The van der Waals surface area contributed by atoms with E-state index in [1.54, 1.807) is 43.3 Å². The third-order valence-electron chi connectivity index (χ3n) is 4.42. The van der Waals surface area contributed by atoms with Gasteiger partial charge in [-0.25, -0.2) is 13.2 Å². The van der Waals surface area contributed by atoms with Crippen molar-refractivity contribution in [3.05, 3.63) is 59.2 Å². The van der Waals surface area contributed by atoms with Gasteiger partial charge in [0, 0.05) is 18.3 Å². The molecule has 0 aliphatic carbocycles. The Balaban J connectivity index is 2.11. The fourth-order valence-corrected chi connectivity index (χ4v) is 3.11. The Morgan fingerprint density at radius 2 is 1.69 bits per heavy atom. The van der Waals surface area contributed by atoms with Crippen molar-refractivity contribution in [2.24, 2.45) is 0 Å². The number of hydrogen-bond donors (Lipinski definition) is 1. The average molecular weight is 419 g/mol. The maximum Gasteiger partial charge on any atom is 0.338 e. The first-order valence-electron chi connectivity index (χ1n) is 9.26. The minimum atomic E-state index is -3.44. The molecule has 0 unspecified atom stereocenters. The van der Waals surface area contributed by atoms with E-state index in [1.807, 2.05) is 6.92 Å². The highest BCUT2D eigenvalue weighted by Gasteiger charge is 2.17. The number of ether oxygens (including phenoxy) is 1. The topological polar surface area (TPSA) is 92.8 Å². The first kappa shape index (κ1) is 22.4. The van der Waals surface area contributed by atoms with Crippen LogP contribution in [0.25, 0.3) is 0 Å². The summed E-state index contributed by atoms with van der Waals surface area (Å²) < 4.78 is 29.9. The second-order valence-corrected chi connectivity index (χ2v) is 8.77. The quantitative estimate of drug-likeness (QED) is 0.522. The van der Waals surface area contributed by atoms with Gasteiger partial charge in [0.1, 0.15) is 0 Å². The van der Waals surface area contributed by atoms with Crippen LogP contribution in [0.3, 0.4) is 0 Å². The van der Waals surface area contributed by atoms with Gasteiger partial charge in [0.15, 0.2) is 0 Å². The minimum absolute atomic E-state index is 0.323. The summed E-state index contributed by atoms with van der Waals surface area (Å²) in [5, 5.41) is 2.74. The standard InChI is InChI=1S/C21H26N2O5S/c1-5-6-13-28-21(25)16-9-11-18(12-10-16)22-20(24)17-8-7-15(2)19(14-17)23(3)29(4,26)27/h7-12,14H,5-6,13H2,1-4H3,(H,22,24). The molecule has 0 bridgehead atoms. The molecule has 29 heavy (non-hydrogen) atoms. The predicted molar refractivity (Wildman–Crippen MR) is 114 cm³/mol. The summed E-state index contributed by atoms with van der Waals surface area (Å²) in [7, 11) is -2.00. The van der Waals surface area contributed by atoms with Crippen LogP contribution >= 0.6 is 0 Å². The van der Waals surface area contributed by atoms with Crippen LogP contribution in [-0.2, 0) is 14.8 Å². The number of anilines is 2. The van der Waals surface area contributed by atoms with Gasteiger partial charge in [-0.1, -0.05) is 19.4 Å². The Hall–Kier alpha value is -2.87. The van der Waals surface area contributed by atoms with Crippen molar-refractivity contribution >= 4 is 33.3 Å². The summed E-state index contributed by atoms with van der Waals surface area (Å²) in [5.41, 5.74) is 2.42. The second kappa shape index (κ2) is 9.56. The van der Waals surface area contributed by atoms with E-state index in [0.717, 1.165) is 29.0 Å². The molecule has 0 fully saturated rings. The minimum Gasteiger partial charge on any atom is -0.462 e. The van der Waals surface area contributed by atoms with Gasteiger partial charge in [-0.15, -0.1) is 0 Å². The van der Waals surface area contributed by atoms with Gasteiger partial charge in [-0.05, 0) is 55.3 Å². The maximum absolute atomic E-state index is 12.6. The molecule has 0 aromatic heterocycles. The molecule has 0 spiro atoms. The molecule has 1 N–H and O–H groups in total. The lowest BCUT2D eigenvalue weighted by atomic mass is 10.1. The number of nitrogens with one attached hydrogen (secondary N) is 1. The van der Waals surface area contributed by atoms with E-state index in [4.69, 9.17) is 4.74 Å². The molecular formula is C21H26N2O5S. The molecule has 2 aromatic rings. The molecule has 2 rings (SSSR count). The van der Waals surface area contributed by atoms with Gasteiger partial charge in [0.25, 0.3) is 5.91 Å². The SMILES string of the molecule is CCCCOC(=O)c1ccc(NC(=O)c2ccc(C)c(N(C)S(C)(=O)=O)c2)cc1. The van der Waals surface area contributed by atoms with E-state index in [0.29, 0.717) is 29.1 Å². The lowest BCUT2D eigenvalue weighted by molar-refractivity contribution is 0.0499. The van der Waals surface area contributed by atoms with Gasteiger partial charge in [0.05, 0.1) is 24.1 Å². The second-order valence-electron chi connectivity index (χ2n) is 6.75. The van der Waals surface area contributed by atoms with E-state index in [2.05, 4.69) is 5.32 Å². The number of unbranched alkanes of at least 4 members (excludes halogenated alkanes) is 1. The highest BCUT2D eigenvalue weighted by atomic mass is 32.2. The number of benzene rings is 2. The van der Waals surface area contributed by atoms with Crippen molar-refractivity contribution in [2.75, 3.05) is 29.5 Å². The highest BCUT2D eigenvalue weighted by molar-refractivity contribution is 7.92. The zero-order valence-electron chi connectivity index (χ0n) is 17.1. The molecule has 7 nitrogen and oxygen atoms in total. The lowest BCUT2D eigenvalue weighted by Crippen LogP contribution is -2.26. The number of aryl methyl sites for hydroxylation is 1. The van der Waals surface area contributed by atoms with Crippen LogP contribution in [0.15, 0.2) is 42.5 Å². The fraction of sp³-hybridized carbons (Fsp3) is 0.333. The Kier molecular flexibility index (Phi) is 7.39. The molecule has 0 heterocycles. The van der Waals surface area contributed by atoms with Crippen LogP contribution in [-0.4, -0.2) is 40.2 Å². The smallest absolute Gasteiger partial charge is 0.338 e. The van der Waals surface area contributed by atoms with Crippen molar-refractivity contribution in [3.8, 4) is 0 Å². The Bertz CT molecular complexity index is 985. The third-order valence-corrected chi connectivity index (χ3v) is 5.61. The predicted octanol–water partition coefficient (Wildman–Crippen LogP) is 3.60. The third kappa shape index (κ3) is 6.05. The summed E-state index contributed by atoms with van der Waals surface area (Å²) in [5.74, 6) is -0.783. The summed E-state index contributed by atoms with van der Waals surface area (Å²) in [4.78, 5) is 24.5. The lowest BCUT2D eigenvalue weighted by Gasteiger charge is -2.19. The van der Waals surface area contributed by atoms with Gasteiger partial charge in [-0.2, -0.15) is 0 Å². The zero-order chi connectivity index (χ0) is 21.6. The largest absolute Gasteiger partial charge is 0.462 e. The van der Waals surface area contributed by atoms with E-state index < -0.39 is 16.0 Å². The maximum atomic E-state index is 12.6. The molecule has 156 valence electrons. The molecule has 0 saturated carbocycles. The monoisotopic (exact) mass is 418 g/mol. The molecule has 0 radical (unpaired) electrons. The number of nitrogens with zero attached hydrogens (tertiary/aromatic N) is 1. The highest BCUT2D eigenvalue weighted by Crippen LogP contribution is 2.23. The summed E-state index contributed by atoms with van der Waals surface area (Å²) in [6, 6.07) is 11.3. The van der Waals surface area contributed by atoms with Crippen molar-refractivity contribution in [2.45, 2.75) is 26.7 Å². The van der Waals surface area contributed by atoms with E-state index in [9.17, 15) is 18.0 Å². The van der Waals surface area contributed by atoms with Gasteiger partial charge in [-0.3, -0.25) is 9.10 Å². The molecule has 2 aromatic carbocycles. The number of sulfonamides is 1.